The molecule has 7 heteroatoms. The van der Waals surface area contributed by atoms with Gasteiger partial charge in [0.2, 0.25) is 10.0 Å². The predicted molar refractivity (Wildman–Crippen MR) is 81.6 cm³/mol. The van der Waals surface area contributed by atoms with E-state index in [2.05, 4.69) is 9.62 Å². The van der Waals surface area contributed by atoms with Gasteiger partial charge in [0.1, 0.15) is 4.90 Å². The third-order valence-electron chi connectivity index (χ3n) is 3.44. The van der Waals surface area contributed by atoms with Crippen molar-refractivity contribution in [2.45, 2.75) is 30.7 Å². The number of hydrogen-bond acceptors (Lipinski definition) is 4. The van der Waals surface area contributed by atoms with Gasteiger partial charge in [-0.1, -0.05) is 11.6 Å². The van der Waals surface area contributed by atoms with Crippen molar-refractivity contribution in [3.05, 3.63) is 28.8 Å². The summed E-state index contributed by atoms with van der Waals surface area (Å²) in [5, 5.41) is 9.00. The highest BCUT2D eigenvalue weighted by molar-refractivity contribution is 7.89. The zero-order valence-corrected chi connectivity index (χ0v) is 13.4. The molecule has 1 N–H and O–H groups in total. The number of nitrogens with zero attached hydrogens (tertiary/aromatic N) is 2. The molecule has 2 rings (SSSR count). The molecular formula is C14H18ClN3O2S. The van der Waals surface area contributed by atoms with E-state index < -0.39 is 10.0 Å². The van der Waals surface area contributed by atoms with Gasteiger partial charge < -0.3 is 4.90 Å². The SMILES string of the molecule is CC(CN1CCCC1)NS(=O)(=O)c1cc(C#N)ccc1Cl. The number of nitrogens with one attached hydrogen (secondary N) is 1. The van der Waals surface area contributed by atoms with Gasteiger partial charge in [-0.25, -0.2) is 13.1 Å². The van der Waals surface area contributed by atoms with Crippen molar-refractivity contribution in [3.63, 3.8) is 0 Å². The summed E-state index contributed by atoms with van der Waals surface area (Å²) in [7, 11) is -3.72. The molecule has 0 aromatic heterocycles. The first-order chi connectivity index (χ1) is 9.92. The largest absolute Gasteiger partial charge is 0.302 e. The second-order valence-corrected chi connectivity index (χ2v) is 7.38. The highest BCUT2D eigenvalue weighted by atomic mass is 35.5. The first kappa shape index (κ1) is 16.2. The van der Waals surface area contributed by atoms with E-state index >= 15 is 0 Å². The van der Waals surface area contributed by atoms with Crippen molar-refractivity contribution < 1.29 is 8.42 Å². The lowest BCUT2D eigenvalue weighted by Gasteiger charge is -2.21. The van der Waals surface area contributed by atoms with Crippen molar-refractivity contribution in [3.8, 4) is 6.07 Å². The lowest BCUT2D eigenvalue weighted by atomic mass is 10.2. The van der Waals surface area contributed by atoms with Crippen LogP contribution < -0.4 is 4.72 Å². The Kier molecular flexibility index (Phi) is 5.22. The molecule has 21 heavy (non-hydrogen) atoms. The molecule has 114 valence electrons. The fourth-order valence-electron chi connectivity index (χ4n) is 2.50. The molecule has 5 nitrogen and oxygen atoms in total. The Balaban J connectivity index is 2.12. The summed E-state index contributed by atoms with van der Waals surface area (Å²) < 4.78 is 27.4. The highest BCUT2D eigenvalue weighted by Gasteiger charge is 2.23. The number of nitriles is 1. The summed E-state index contributed by atoms with van der Waals surface area (Å²) in [6, 6.07) is 5.93. The van der Waals surface area contributed by atoms with Gasteiger partial charge in [0.05, 0.1) is 16.7 Å². The van der Waals surface area contributed by atoms with Crippen molar-refractivity contribution in [2.75, 3.05) is 19.6 Å². The molecule has 1 aliphatic heterocycles. The maximum Gasteiger partial charge on any atom is 0.242 e. The van der Waals surface area contributed by atoms with Gasteiger partial charge in [0, 0.05) is 12.6 Å². The second kappa shape index (κ2) is 6.75. The van der Waals surface area contributed by atoms with Crippen molar-refractivity contribution in [1.29, 1.82) is 5.26 Å². The van der Waals surface area contributed by atoms with E-state index in [0.717, 1.165) is 25.9 Å². The van der Waals surface area contributed by atoms with Crippen LogP contribution in [-0.4, -0.2) is 39.0 Å². The van der Waals surface area contributed by atoms with Crippen LogP contribution >= 0.6 is 11.6 Å². The molecule has 1 aromatic rings. The molecule has 1 saturated heterocycles. The molecule has 1 heterocycles. The summed E-state index contributed by atoms with van der Waals surface area (Å²) in [4.78, 5) is 2.19. The smallest absolute Gasteiger partial charge is 0.242 e. The highest BCUT2D eigenvalue weighted by Crippen LogP contribution is 2.22. The predicted octanol–water partition coefficient (Wildman–Crippen LogP) is 1.97. The van der Waals surface area contributed by atoms with E-state index in [0.29, 0.717) is 6.54 Å². The van der Waals surface area contributed by atoms with Crippen LogP contribution in [0.1, 0.15) is 25.3 Å². The standard InChI is InChI=1S/C14H18ClN3O2S/c1-11(10-18-6-2-3-7-18)17-21(19,20)14-8-12(9-16)4-5-13(14)15/h4-5,8,11,17H,2-3,6-7,10H2,1H3. The number of sulfonamides is 1. The summed E-state index contributed by atoms with van der Waals surface area (Å²) in [6.45, 7) is 4.53. The Hall–Kier alpha value is -1.13. The van der Waals surface area contributed by atoms with Gasteiger partial charge in [0.15, 0.2) is 0 Å². The Labute approximate surface area is 130 Å². The van der Waals surface area contributed by atoms with Crippen LogP contribution in [0.3, 0.4) is 0 Å². The second-order valence-electron chi connectivity index (χ2n) is 5.29. The molecule has 0 saturated carbocycles. The van der Waals surface area contributed by atoms with Gasteiger partial charge in [-0.15, -0.1) is 0 Å². The molecule has 0 amide bonds. The topological polar surface area (TPSA) is 73.2 Å². The molecule has 1 atom stereocenters. The van der Waals surface area contributed by atoms with Crippen LogP contribution in [0.15, 0.2) is 23.1 Å². The molecule has 1 unspecified atom stereocenters. The summed E-state index contributed by atoms with van der Waals surface area (Å²) in [5.74, 6) is 0. The third kappa shape index (κ3) is 4.17. The van der Waals surface area contributed by atoms with Crippen molar-refractivity contribution >= 4 is 21.6 Å². The molecule has 0 spiro atoms. The quantitative estimate of drug-likeness (QED) is 0.897. The fraction of sp³-hybridized carbons (Fsp3) is 0.500. The van der Waals surface area contributed by atoms with Crippen molar-refractivity contribution in [1.82, 2.24) is 9.62 Å². The molecule has 0 bridgehead atoms. The van der Waals surface area contributed by atoms with Crippen LogP contribution in [-0.2, 0) is 10.0 Å². The lowest BCUT2D eigenvalue weighted by molar-refractivity contribution is 0.313. The number of likely N-dealkylation sites (tertiary alicyclic amines) is 1. The first-order valence-corrected chi connectivity index (χ1v) is 8.73. The fourth-order valence-corrected chi connectivity index (χ4v) is 4.26. The van der Waals surface area contributed by atoms with Gasteiger partial charge >= 0.3 is 0 Å². The summed E-state index contributed by atoms with van der Waals surface area (Å²) >= 11 is 5.95. The number of halogens is 1. The number of rotatable bonds is 5. The number of hydrogen-bond donors (Lipinski definition) is 1. The normalized spacial score (nSPS) is 17.6. The monoisotopic (exact) mass is 327 g/mol. The van der Waals surface area contributed by atoms with Crippen LogP contribution in [0.2, 0.25) is 5.02 Å². The zero-order chi connectivity index (χ0) is 15.5. The Morgan fingerprint density at radius 2 is 2.10 bits per heavy atom. The Morgan fingerprint density at radius 3 is 2.71 bits per heavy atom. The maximum atomic E-state index is 12.4. The van der Waals surface area contributed by atoms with Gasteiger partial charge in [-0.3, -0.25) is 0 Å². The van der Waals surface area contributed by atoms with E-state index in [1.165, 1.54) is 18.2 Å². The summed E-state index contributed by atoms with van der Waals surface area (Å²) in [5.41, 5.74) is 0.270. The lowest BCUT2D eigenvalue weighted by Crippen LogP contribution is -2.41. The van der Waals surface area contributed by atoms with Crippen LogP contribution in [0.25, 0.3) is 0 Å². The van der Waals surface area contributed by atoms with Gasteiger partial charge in [0.25, 0.3) is 0 Å². The number of benzene rings is 1. The van der Waals surface area contributed by atoms with E-state index in [-0.39, 0.29) is 21.5 Å². The van der Waals surface area contributed by atoms with Crippen LogP contribution in [0, 0.1) is 11.3 Å². The van der Waals surface area contributed by atoms with Crippen molar-refractivity contribution in [2.24, 2.45) is 0 Å². The molecule has 0 radical (unpaired) electrons. The average molecular weight is 328 g/mol. The van der Waals surface area contributed by atoms with E-state index in [4.69, 9.17) is 16.9 Å². The Bertz CT molecular complexity index is 649. The third-order valence-corrected chi connectivity index (χ3v) is 5.51. The molecular weight excluding hydrogens is 310 g/mol. The van der Waals surface area contributed by atoms with Crippen LogP contribution in [0.4, 0.5) is 0 Å². The molecule has 1 aromatic carbocycles. The van der Waals surface area contributed by atoms with Gasteiger partial charge in [-0.05, 0) is 51.1 Å². The summed E-state index contributed by atoms with van der Waals surface area (Å²) in [6.07, 6.45) is 2.32. The Morgan fingerprint density at radius 1 is 1.43 bits per heavy atom. The minimum Gasteiger partial charge on any atom is -0.302 e. The minimum absolute atomic E-state index is 0.0449. The van der Waals surface area contributed by atoms with Gasteiger partial charge in [-0.2, -0.15) is 5.26 Å². The minimum atomic E-state index is -3.72. The molecule has 0 aliphatic carbocycles. The maximum absolute atomic E-state index is 12.4. The van der Waals surface area contributed by atoms with E-state index in [9.17, 15) is 8.42 Å². The molecule has 1 fully saturated rings. The average Bonchev–Trinajstić information content (AvgIpc) is 2.91. The van der Waals surface area contributed by atoms with Crippen LogP contribution in [0.5, 0.6) is 0 Å². The van der Waals surface area contributed by atoms with E-state index in [1.807, 2.05) is 13.0 Å². The zero-order valence-electron chi connectivity index (χ0n) is 11.8. The first-order valence-electron chi connectivity index (χ1n) is 6.87. The van der Waals surface area contributed by atoms with E-state index in [1.54, 1.807) is 0 Å². The molecule has 1 aliphatic rings.